The molecule has 5 rings (SSSR count). The van der Waals surface area contributed by atoms with Gasteiger partial charge in [-0.25, -0.2) is 14.1 Å². The molecular weight excluding hydrogens is 574 g/mol. The number of ether oxygens (including phenoxy) is 1. The van der Waals surface area contributed by atoms with Gasteiger partial charge >= 0.3 is 6.03 Å². The first kappa shape index (κ1) is 23.7. The molecule has 0 unspecified atom stereocenters. The van der Waals surface area contributed by atoms with Gasteiger partial charge in [-0.05, 0) is 93.0 Å². The molecule has 1 N–H and O–H groups in total. The molecule has 8 heteroatoms. The normalized spacial score (nSPS) is 14.9. The van der Waals surface area contributed by atoms with Crippen molar-refractivity contribution in [1.29, 1.82) is 0 Å². The molecule has 4 amide bonds. The Balaban J connectivity index is 1.35. The van der Waals surface area contributed by atoms with E-state index in [0.29, 0.717) is 17.9 Å². The van der Waals surface area contributed by atoms with Gasteiger partial charge in [-0.15, -0.1) is 0 Å². The number of hydrogen-bond donors (Lipinski definition) is 1. The van der Waals surface area contributed by atoms with E-state index in [1.807, 2.05) is 18.2 Å². The molecule has 0 atom stereocenters. The fourth-order valence-electron chi connectivity index (χ4n) is 3.86. The van der Waals surface area contributed by atoms with Gasteiger partial charge in [0, 0.05) is 0 Å². The van der Waals surface area contributed by atoms with Gasteiger partial charge in [0.25, 0.3) is 11.8 Å². The fourth-order valence-corrected chi connectivity index (χ4v) is 4.56. The molecule has 0 bridgehead atoms. The Kier molecular flexibility index (Phi) is 6.51. The van der Waals surface area contributed by atoms with Crippen molar-refractivity contribution in [1.82, 2.24) is 5.32 Å². The summed E-state index contributed by atoms with van der Waals surface area (Å²) in [7, 11) is 0. The van der Waals surface area contributed by atoms with Crippen molar-refractivity contribution in [3.05, 3.63) is 111 Å². The van der Waals surface area contributed by atoms with Crippen LogP contribution >= 0.6 is 22.6 Å². The number of amides is 4. The monoisotopic (exact) mass is 592 g/mol. The van der Waals surface area contributed by atoms with Crippen molar-refractivity contribution >= 4 is 63.0 Å². The van der Waals surface area contributed by atoms with Gasteiger partial charge in [0.1, 0.15) is 23.7 Å². The van der Waals surface area contributed by atoms with Crippen LogP contribution in [0.15, 0.2) is 90.5 Å². The summed E-state index contributed by atoms with van der Waals surface area (Å²) in [5.41, 5.74) is 1.57. The van der Waals surface area contributed by atoms with Crippen LogP contribution in [0.5, 0.6) is 5.75 Å². The first-order valence-corrected chi connectivity index (χ1v) is 12.0. The molecule has 0 aromatic heterocycles. The van der Waals surface area contributed by atoms with Gasteiger partial charge < -0.3 is 4.74 Å². The molecule has 1 aliphatic rings. The van der Waals surface area contributed by atoms with Crippen LogP contribution in [0.3, 0.4) is 0 Å². The first-order chi connectivity index (χ1) is 17.4. The van der Waals surface area contributed by atoms with E-state index < -0.39 is 23.7 Å². The zero-order valence-electron chi connectivity index (χ0n) is 18.7. The summed E-state index contributed by atoms with van der Waals surface area (Å²) in [6, 6.07) is 23.5. The molecular formula is C28H18FIN2O4. The third-order valence-corrected chi connectivity index (χ3v) is 6.50. The minimum absolute atomic E-state index is 0.157. The lowest BCUT2D eigenvalue weighted by Crippen LogP contribution is -2.54. The second kappa shape index (κ2) is 9.90. The number of anilines is 1. The minimum Gasteiger partial charge on any atom is -0.488 e. The van der Waals surface area contributed by atoms with Gasteiger partial charge in [0.15, 0.2) is 0 Å². The standard InChI is InChI=1S/C28H18FIN2O4/c29-21-8-10-22(11-9-21)32-27(34)23(26(33)31-28(32)35)14-17-6-12-25(24(30)15-17)36-16-18-5-7-19-3-1-2-4-20(19)13-18/h1-15H,16H2,(H,31,33,35)/b23-14+. The number of hydrogen-bond acceptors (Lipinski definition) is 4. The Bertz CT molecular complexity index is 1550. The largest absolute Gasteiger partial charge is 0.488 e. The van der Waals surface area contributed by atoms with Crippen LogP contribution in [0.2, 0.25) is 0 Å². The van der Waals surface area contributed by atoms with Gasteiger partial charge in [-0.3, -0.25) is 14.9 Å². The van der Waals surface area contributed by atoms with E-state index in [-0.39, 0.29) is 11.3 Å². The lowest BCUT2D eigenvalue weighted by molar-refractivity contribution is -0.122. The SMILES string of the molecule is O=C1NC(=O)N(c2ccc(F)cc2)C(=O)/C1=C/c1ccc(OCc2ccc3ccccc3c2)c(I)c1. The highest BCUT2D eigenvalue weighted by Gasteiger charge is 2.36. The molecule has 4 aromatic carbocycles. The Hall–Kier alpha value is -4.05. The highest BCUT2D eigenvalue weighted by atomic mass is 127. The van der Waals surface area contributed by atoms with Crippen LogP contribution in [0.1, 0.15) is 11.1 Å². The van der Waals surface area contributed by atoms with Crippen LogP contribution < -0.4 is 15.0 Å². The van der Waals surface area contributed by atoms with Crippen LogP contribution in [0.4, 0.5) is 14.9 Å². The lowest BCUT2D eigenvalue weighted by Gasteiger charge is -2.26. The summed E-state index contributed by atoms with van der Waals surface area (Å²) in [4.78, 5) is 38.5. The number of halogens is 2. The number of carbonyl (C=O) groups excluding carboxylic acids is 3. The maximum Gasteiger partial charge on any atom is 0.335 e. The van der Waals surface area contributed by atoms with Crippen molar-refractivity contribution in [3.63, 3.8) is 0 Å². The van der Waals surface area contributed by atoms with Crippen LogP contribution in [-0.2, 0) is 16.2 Å². The molecule has 0 aliphatic carbocycles. The average molecular weight is 592 g/mol. The summed E-state index contributed by atoms with van der Waals surface area (Å²) in [5.74, 6) is -1.43. The average Bonchev–Trinajstić information content (AvgIpc) is 2.87. The summed E-state index contributed by atoms with van der Waals surface area (Å²) in [5, 5.41) is 4.46. The highest BCUT2D eigenvalue weighted by Crippen LogP contribution is 2.27. The van der Waals surface area contributed by atoms with Crippen molar-refractivity contribution < 1.29 is 23.5 Å². The molecule has 4 aromatic rings. The number of urea groups is 1. The van der Waals surface area contributed by atoms with E-state index in [1.165, 1.54) is 18.2 Å². The van der Waals surface area contributed by atoms with Crippen molar-refractivity contribution in [2.45, 2.75) is 6.61 Å². The Morgan fingerprint density at radius 2 is 1.64 bits per heavy atom. The van der Waals surface area contributed by atoms with Crippen molar-refractivity contribution in [2.75, 3.05) is 4.90 Å². The Labute approximate surface area is 219 Å². The van der Waals surface area contributed by atoms with Crippen LogP contribution in [-0.4, -0.2) is 17.8 Å². The summed E-state index contributed by atoms with van der Waals surface area (Å²) in [6.45, 7) is 0.386. The zero-order valence-corrected chi connectivity index (χ0v) is 20.9. The minimum atomic E-state index is -0.888. The molecule has 6 nitrogen and oxygen atoms in total. The predicted molar refractivity (Wildman–Crippen MR) is 143 cm³/mol. The Morgan fingerprint density at radius 1 is 0.889 bits per heavy atom. The third-order valence-electron chi connectivity index (χ3n) is 5.66. The molecule has 1 fully saturated rings. The van der Waals surface area contributed by atoms with Crippen LogP contribution in [0.25, 0.3) is 16.8 Å². The van der Waals surface area contributed by atoms with Gasteiger partial charge in [0.2, 0.25) is 0 Å². The number of nitrogens with one attached hydrogen (secondary N) is 1. The van der Waals surface area contributed by atoms with Gasteiger partial charge in [-0.2, -0.15) is 0 Å². The molecule has 1 saturated heterocycles. The van der Waals surface area contributed by atoms with Crippen molar-refractivity contribution in [2.24, 2.45) is 0 Å². The predicted octanol–water partition coefficient (Wildman–Crippen LogP) is 5.83. The fraction of sp³-hybridized carbons (Fsp3) is 0.0357. The number of nitrogens with zero attached hydrogens (tertiary/aromatic N) is 1. The summed E-state index contributed by atoms with van der Waals surface area (Å²) >= 11 is 2.13. The maximum absolute atomic E-state index is 13.3. The number of benzene rings is 4. The Morgan fingerprint density at radius 3 is 2.39 bits per heavy atom. The second-order valence-electron chi connectivity index (χ2n) is 8.09. The number of rotatable bonds is 5. The quantitative estimate of drug-likeness (QED) is 0.180. The molecule has 0 radical (unpaired) electrons. The molecule has 1 heterocycles. The van der Waals surface area contributed by atoms with E-state index in [0.717, 1.165) is 36.9 Å². The van der Waals surface area contributed by atoms with Crippen molar-refractivity contribution in [3.8, 4) is 5.75 Å². The second-order valence-corrected chi connectivity index (χ2v) is 9.26. The van der Waals surface area contributed by atoms with E-state index in [4.69, 9.17) is 4.74 Å². The number of imide groups is 2. The topological polar surface area (TPSA) is 75.7 Å². The van der Waals surface area contributed by atoms with E-state index in [1.54, 1.807) is 18.2 Å². The highest BCUT2D eigenvalue weighted by molar-refractivity contribution is 14.1. The summed E-state index contributed by atoms with van der Waals surface area (Å²) < 4.78 is 20.1. The van der Waals surface area contributed by atoms with Crippen LogP contribution in [0, 0.1) is 9.39 Å². The molecule has 0 spiro atoms. The summed E-state index contributed by atoms with van der Waals surface area (Å²) in [6.07, 6.45) is 1.41. The van der Waals surface area contributed by atoms with Gasteiger partial charge in [-0.1, -0.05) is 42.5 Å². The third kappa shape index (κ3) is 4.85. The van der Waals surface area contributed by atoms with E-state index in [2.05, 4.69) is 52.2 Å². The number of barbiturate groups is 1. The maximum atomic E-state index is 13.3. The van der Waals surface area contributed by atoms with E-state index >= 15 is 0 Å². The zero-order chi connectivity index (χ0) is 25.2. The molecule has 36 heavy (non-hydrogen) atoms. The molecule has 1 aliphatic heterocycles. The smallest absolute Gasteiger partial charge is 0.335 e. The number of fused-ring (bicyclic) bond motifs is 1. The first-order valence-electron chi connectivity index (χ1n) is 11.0. The molecule has 178 valence electrons. The van der Waals surface area contributed by atoms with Gasteiger partial charge in [0.05, 0.1) is 9.26 Å². The lowest BCUT2D eigenvalue weighted by atomic mass is 10.1. The number of carbonyl (C=O) groups is 3. The van der Waals surface area contributed by atoms with E-state index in [9.17, 15) is 18.8 Å². The molecule has 0 saturated carbocycles.